The van der Waals surface area contributed by atoms with Crippen molar-refractivity contribution in [2.24, 2.45) is 0 Å². The number of nitriles is 1. The fraction of sp³-hybridized carbons (Fsp3) is 0.429. The highest BCUT2D eigenvalue weighted by Gasteiger charge is 2.43. The Morgan fingerprint density at radius 3 is 2.53 bits per heavy atom. The van der Waals surface area contributed by atoms with E-state index in [1.807, 2.05) is 26.8 Å². The molecule has 1 amide bonds. The average Bonchev–Trinajstić information content (AvgIpc) is 3.07. The van der Waals surface area contributed by atoms with E-state index < -0.39 is 5.60 Å². The summed E-state index contributed by atoms with van der Waals surface area (Å²) in [5.74, 6) is 0.634. The van der Waals surface area contributed by atoms with Gasteiger partial charge in [0.15, 0.2) is 6.23 Å². The molecule has 1 aliphatic heterocycles. The van der Waals surface area contributed by atoms with Gasteiger partial charge < -0.3 is 9.47 Å². The lowest BCUT2D eigenvalue weighted by atomic mass is 10.2. The Balaban J connectivity index is 1.86. The average molecular weight is 260 g/mol. The molecule has 1 atom stereocenters. The summed E-state index contributed by atoms with van der Waals surface area (Å²) >= 11 is 0. The van der Waals surface area contributed by atoms with Crippen molar-refractivity contribution in [1.29, 1.82) is 5.26 Å². The summed E-state index contributed by atoms with van der Waals surface area (Å²) in [6.07, 6.45) is -0.645. The number of carbonyl (C=O) groups is 1. The molecule has 0 spiro atoms. The van der Waals surface area contributed by atoms with E-state index in [0.717, 1.165) is 0 Å². The molecular formula is C14H16N2O3. The van der Waals surface area contributed by atoms with E-state index in [2.05, 4.69) is 0 Å². The van der Waals surface area contributed by atoms with E-state index in [4.69, 9.17) is 14.7 Å². The van der Waals surface area contributed by atoms with Crippen LogP contribution in [0.5, 0.6) is 5.75 Å². The third kappa shape index (κ3) is 3.62. The molecule has 1 aromatic rings. The Labute approximate surface area is 112 Å². The van der Waals surface area contributed by atoms with E-state index >= 15 is 0 Å². The Hall–Kier alpha value is -2.22. The lowest BCUT2D eigenvalue weighted by molar-refractivity contribution is 0.0354. The van der Waals surface area contributed by atoms with Crippen LogP contribution in [0.3, 0.4) is 0 Å². The number of nitrogens with zero attached hydrogens (tertiary/aromatic N) is 2. The number of rotatable bonds is 2. The topological polar surface area (TPSA) is 62.3 Å². The second-order valence-electron chi connectivity index (χ2n) is 5.34. The van der Waals surface area contributed by atoms with Crippen molar-refractivity contribution < 1.29 is 14.3 Å². The summed E-state index contributed by atoms with van der Waals surface area (Å²) in [4.78, 5) is 13.2. The highest BCUT2D eigenvalue weighted by molar-refractivity contribution is 5.71. The fourth-order valence-electron chi connectivity index (χ4n) is 1.50. The van der Waals surface area contributed by atoms with Crippen molar-refractivity contribution in [3.8, 4) is 11.8 Å². The Morgan fingerprint density at radius 2 is 2.00 bits per heavy atom. The highest BCUT2D eigenvalue weighted by Crippen LogP contribution is 2.25. The lowest BCUT2D eigenvalue weighted by Crippen LogP contribution is -2.28. The maximum Gasteiger partial charge on any atom is 0.413 e. The molecule has 5 heteroatoms. The SMILES string of the molecule is CC(C)(C)OC(=O)N1CC1Oc1ccc(C#N)cc1. The van der Waals surface area contributed by atoms with Gasteiger partial charge in [-0.3, -0.25) is 4.90 Å². The molecule has 0 bridgehead atoms. The smallest absolute Gasteiger partial charge is 0.413 e. The number of benzene rings is 1. The molecule has 100 valence electrons. The molecule has 5 nitrogen and oxygen atoms in total. The van der Waals surface area contributed by atoms with Crippen molar-refractivity contribution in [2.45, 2.75) is 32.6 Å². The molecule has 1 unspecified atom stereocenters. The number of hydrogen-bond acceptors (Lipinski definition) is 4. The van der Waals surface area contributed by atoms with Crippen molar-refractivity contribution in [2.75, 3.05) is 6.54 Å². The largest absolute Gasteiger partial charge is 0.468 e. The van der Waals surface area contributed by atoms with Gasteiger partial charge in [0.2, 0.25) is 0 Å². The molecule has 0 radical (unpaired) electrons. The van der Waals surface area contributed by atoms with E-state index in [1.165, 1.54) is 4.90 Å². The van der Waals surface area contributed by atoms with Crippen LogP contribution in [0.2, 0.25) is 0 Å². The molecule has 0 aromatic heterocycles. The van der Waals surface area contributed by atoms with E-state index in [1.54, 1.807) is 24.3 Å². The standard InChI is InChI=1S/C14H16N2O3/c1-14(2,3)19-13(17)16-9-12(16)18-11-6-4-10(8-15)5-7-11/h4-7,12H,9H2,1-3H3. The van der Waals surface area contributed by atoms with Gasteiger partial charge in [0.05, 0.1) is 18.2 Å². The molecular weight excluding hydrogens is 244 g/mol. The number of carbonyl (C=O) groups excluding carboxylic acids is 1. The van der Waals surface area contributed by atoms with E-state index in [-0.39, 0.29) is 12.3 Å². The predicted octanol–water partition coefficient (Wildman–Crippen LogP) is 2.51. The molecule has 1 fully saturated rings. The minimum Gasteiger partial charge on any atom is -0.468 e. The van der Waals surface area contributed by atoms with Gasteiger partial charge in [0, 0.05) is 0 Å². The van der Waals surface area contributed by atoms with E-state index in [9.17, 15) is 4.79 Å². The van der Waals surface area contributed by atoms with Gasteiger partial charge in [-0.1, -0.05) is 0 Å². The van der Waals surface area contributed by atoms with Gasteiger partial charge in [-0.15, -0.1) is 0 Å². The molecule has 2 rings (SSSR count). The number of amides is 1. The zero-order chi connectivity index (χ0) is 14.0. The van der Waals surface area contributed by atoms with Crippen molar-refractivity contribution >= 4 is 6.09 Å². The Morgan fingerprint density at radius 1 is 1.37 bits per heavy atom. The Kier molecular flexibility index (Phi) is 3.34. The first kappa shape index (κ1) is 13.2. The van der Waals surface area contributed by atoms with Crippen molar-refractivity contribution in [3.63, 3.8) is 0 Å². The van der Waals surface area contributed by atoms with Gasteiger partial charge >= 0.3 is 6.09 Å². The molecule has 0 aliphatic carbocycles. The molecule has 1 aromatic carbocycles. The minimum absolute atomic E-state index is 0.275. The van der Waals surface area contributed by atoms with Gasteiger partial charge in [-0.05, 0) is 45.0 Å². The van der Waals surface area contributed by atoms with Crippen LogP contribution < -0.4 is 4.74 Å². The summed E-state index contributed by atoms with van der Waals surface area (Å²) in [5.41, 5.74) is 0.0747. The van der Waals surface area contributed by atoms with Crippen LogP contribution in [0.25, 0.3) is 0 Å². The van der Waals surface area contributed by atoms with Gasteiger partial charge in [0.1, 0.15) is 11.4 Å². The first-order valence-electron chi connectivity index (χ1n) is 6.05. The quantitative estimate of drug-likeness (QED) is 0.766. The van der Waals surface area contributed by atoms with Crippen LogP contribution in [0.15, 0.2) is 24.3 Å². The normalized spacial score (nSPS) is 17.6. The molecule has 19 heavy (non-hydrogen) atoms. The van der Waals surface area contributed by atoms with E-state index in [0.29, 0.717) is 17.9 Å². The van der Waals surface area contributed by atoms with Crippen LogP contribution in [-0.4, -0.2) is 29.4 Å². The van der Waals surface area contributed by atoms with Crippen molar-refractivity contribution in [1.82, 2.24) is 4.90 Å². The predicted molar refractivity (Wildman–Crippen MR) is 68.5 cm³/mol. The third-order valence-corrected chi connectivity index (χ3v) is 2.45. The Bertz CT molecular complexity index is 511. The van der Waals surface area contributed by atoms with Crippen molar-refractivity contribution in [3.05, 3.63) is 29.8 Å². The molecule has 1 saturated heterocycles. The number of ether oxygens (including phenoxy) is 2. The van der Waals surface area contributed by atoms with Crippen LogP contribution >= 0.6 is 0 Å². The summed E-state index contributed by atoms with van der Waals surface area (Å²) in [5, 5.41) is 8.69. The maximum atomic E-state index is 11.7. The van der Waals surface area contributed by atoms with Gasteiger partial charge in [-0.25, -0.2) is 4.79 Å². The fourth-order valence-corrected chi connectivity index (χ4v) is 1.50. The second-order valence-corrected chi connectivity index (χ2v) is 5.34. The maximum absolute atomic E-state index is 11.7. The van der Waals surface area contributed by atoms with Gasteiger partial charge in [0.25, 0.3) is 0 Å². The zero-order valence-corrected chi connectivity index (χ0v) is 11.2. The monoisotopic (exact) mass is 260 g/mol. The van der Waals surface area contributed by atoms with Gasteiger partial charge in [-0.2, -0.15) is 5.26 Å². The highest BCUT2D eigenvalue weighted by atomic mass is 16.6. The molecule has 0 N–H and O–H groups in total. The summed E-state index contributed by atoms with van der Waals surface area (Å²) in [7, 11) is 0. The van der Waals surface area contributed by atoms with Crippen LogP contribution in [-0.2, 0) is 4.74 Å². The van der Waals surface area contributed by atoms with Crippen LogP contribution in [0, 0.1) is 11.3 Å². The first-order chi connectivity index (χ1) is 8.89. The summed E-state index contributed by atoms with van der Waals surface area (Å²) < 4.78 is 10.8. The molecule has 0 saturated carbocycles. The first-order valence-corrected chi connectivity index (χ1v) is 6.05. The third-order valence-electron chi connectivity index (χ3n) is 2.45. The summed E-state index contributed by atoms with van der Waals surface area (Å²) in [6.45, 7) is 6.00. The summed E-state index contributed by atoms with van der Waals surface area (Å²) in [6, 6.07) is 8.81. The number of hydrogen-bond donors (Lipinski definition) is 0. The van der Waals surface area contributed by atoms with Crippen LogP contribution in [0.4, 0.5) is 4.79 Å². The minimum atomic E-state index is -0.501. The van der Waals surface area contributed by atoms with Crippen LogP contribution in [0.1, 0.15) is 26.3 Å². The zero-order valence-electron chi connectivity index (χ0n) is 11.2. The molecule has 1 aliphatic rings. The molecule has 1 heterocycles. The lowest BCUT2D eigenvalue weighted by Gasteiger charge is -2.19. The second kappa shape index (κ2) is 4.81.